The van der Waals surface area contributed by atoms with Gasteiger partial charge in [0.05, 0.1) is 10.9 Å². The lowest BCUT2D eigenvalue weighted by atomic mass is 9.71. The Morgan fingerprint density at radius 1 is 1.00 bits per heavy atom. The van der Waals surface area contributed by atoms with E-state index < -0.39 is 31.1 Å². The van der Waals surface area contributed by atoms with Crippen LogP contribution in [0.2, 0.25) is 0 Å². The monoisotopic (exact) mass is 515 g/mol. The van der Waals surface area contributed by atoms with Gasteiger partial charge in [-0.25, -0.2) is 17.9 Å². The second-order valence-corrected chi connectivity index (χ2v) is 14.3. The van der Waals surface area contributed by atoms with E-state index in [0.717, 1.165) is 36.8 Å². The van der Waals surface area contributed by atoms with Crippen molar-refractivity contribution in [2.24, 2.45) is 11.8 Å². The van der Waals surface area contributed by atoms with Crippen LogP contribution in [0.3, 0.4) is 0 Å². The van der Waals surface area contributed by atoms with Crippen molar-refractivity contribution < 1.29 is 21.9 Å². The summed E-state index contributed by atoms with van der Waals surface area (Å²) in [4.78, 5) is 0. The van der Waals surface area contributed by atoms with Crippen molar-refractivity contribution in [3.05, 3.63) is 35.4 Å². The van der Waals surface area contributed by atoms with E-state index in [4.69, 9.17) is 0 Å². The predicted molar refractivity (Wildman–Crippen MR) is 135 cm³/mol. The molecule has 1 aromatic carbocycles. The lowest BCUT2D eigenvalue weighted by molar-refractivity contribution is -0.0207. The average Bonchev–Trinajstić information content (AvgIpc) is 3.34. The summed E-state index contributed by atoms with van der Waals surface area (Å²) in [5.41, 5.74) is 1.04. The summed E-state index contributed by atoms with van der Waals surface area (Å²) in [6.45, 7) is 7.39. The van der Waals surface area contributed by atoms with Gasteiger partial charge in [0.1, 0.15) is 0 Å². The Kier molecular flexibility index (Phi) is 9.19. The first-order valence-corrected chi connectivity index (χ1v) is 15.5. The van der Waals surface area contributed by atoms with E-state index in [2.05, 4.69) is 16.4 Å². The van der Waals surface area contributed by atoms with Gasteiger partial charge in [0.25, 0.3) is 10.2 Å². The summed E-state index contributed by atoms with van der Waals surface area (Å²) in [7, 11) is -6.65. The molecular weight excluding hydrogens is 474 g/mol. The van der Waals surface area contributed by atoms with Crippen LogP contribution in [0, 0.1) is 11.8 Å². The first kappa shape index (κ1) is 27.5. The van der Waals surface area contributed by atoms with Gasteiger partial charge in [0, 0.05) is 26.2 Å². The number of nitrogens with zero attached hydrogens (tertiary/aromatic N) is 1. The van der Waals surface area contributed by atoms with Crippen molar-refractivity contribution in [3.8, 4) is 0 Å². The van der Waals surface area contributed by atoms with E-state index in [1.165, 1.54) is 4.31 Å². The molecule has 1 aliphatic carbocycles. The van der Waals surface area contributed by atoms with E-state index in [1.807, 2.05) is 24.3 Å². The van der Waals surface area contributed by atoms with Gasteiger partial charge < -0.3 is 5.11 Å². The van der Waals surface area contributed by atoms with Gasteiger partial charge in [0.15, 0.2) is 0 Å². The molecule has 34 heavy (non-hydrogen) atoms. The Bertz CT molecular complexity index is 996. The molecule has 3 N–H and O–H groups in total. The first-order valence-electron chi connectivity index (χ1n) is 12.5. The number of hydrogen-bond acceptors (Lipinski definition) is 5. The predicted octanol–water partition coefficient (Wildman–Crippen LogP) is 2.50. The van der Waals surface area contributed by atoms with Crippen LogP contribution in [0.5, 0.6) is 0 Å². The van der Waals surface area contributed by atoms with E-state index >= 15 is 0 Å². The van der Waals surface area contributed by atoms with Crippen LogP contribution in [0.25, 0.3) is 0 Å². The van der Waals surface area contributed by atoms with E-state index in [9.17, 15) is 21.9 Å². The summed E-state index contributed by atoms with van der Waals surface area (Å²) in [6.07, 6.45) is 5.42. The fourth-order valence-electron chi connectivity index (χ4n) is 4.88. The molecule has 1 heterocycles. The highest BCUT2D eigenvalue weighted by Gasteiger charge is 2.36. The summed E-state index contributed by atoms with van der Waals surface area (Å²) >= 11 is 0. The molecule has 0 amide bonds. The van der Waals surface area contributed by atoms with E-state index in [0.29, 0.717) is 51.4 Å². The number of sulfonamides is 1. The quantitative estimate of drug-likeness (QED) is 0.419. The van der Waals surface area contributed by atoms with Gasteiger partial charge in [-0.15, -0.1) is 0 Å². The molecule has 10 heteroatoms. The van der Waals surface area contributed by atoms with Crippen LogP contribution in [-0.2, 0) is 32.3 Å². The highest BCUT2D eigenvalue weighted by molar-refractivity contribution is 7.90. The first-order chi connectivity index (χ1) is 15.9. The Morgan fingerprint density at radius 3 is 2.15 bits per heavy atom. The second kappa shape index (κ2) is 11.3. The molecule has 1 aromatic rings. The molecular formula is C24H41N3O5S2. The van der Waals surface area contributed by atoms with Crippen molar-refractivity contribution in [1.82, 2.24) is 13.7 Å². The van der Waals surface area contributed by atoms with E-state index in [-0.39, 0.29) is 5.92 Å². The SMILES string of the molecule is CC(CNS(=O)(=O)C(C)C)C1CCC(O)(c2ccc(CCNS(=O)(=O)N3CCCC3)cc2)CC1. The molecule has 8 nitrogen and oxygen atoms in total. The lowest BCUT2D eigenvalue weighted by Crippen LogP contribution is -2.39. The van der Waals surface area contributed by atoms with Crippen LogP contribution >= 0.6 is 0 Å². The van der Waals surface area contributed by atoms with Crippen LogP contribution in [-0.4, -0.2) is 57.7 Å². The minimum absolute atomic E-state index is 0.213. The van der Waals surface area contributed by atoms with Gasteiger partial charge in [-0.05, 0) is 81.8 Å². The maximum Gasteiger partial charge on any atom is 0.279 e. The Morgan fingerprint density at radius 2 is 1.59 bits per heavy atom. The maximum absolute atomic E-state index is 12.3. The van der Waals surface area contributed by atoms with Crippen molar-refractivity contribution in [2.45, 2.75) is 76.6 Å². The van der Waals surface area contributed by atoms with Crippen LogP contribution in [0.1, 0.15) is 70.4 Å². The summed E-state index contributed by atoms with van der Waals surface area (Å²) in [5, 5.41) is 10.8. The molecule has 0 aromatic heterocycles. The highest BCUT2D eigenvalue weighted by atomic mass is 32.2. The van der Waals surface area contributed by atoms with Gasteiger partial charge in [-0.2, -0.15) is 12.7 Å². The maximum atomic E-state index is 12.3. The Labute approximate surface area is 205 Å². The molecule has 2 fully saturated rings. The summed E-state index contributed by atoms with van der Waals surface area (Å²) in [5.74, 6) is 0.586. The zero-order chi connectivity index (χ0) is 25.0. The Balaban J connectivity index is 1.47. The summed E-state index contributed by atoms with van der Waals surface area (Å²) in [6, 6.07) is 7.83. The molecule has 0 spiro atoms. The smallest absolute Gasteiger partial charge is 0.279 e. The third-order valence-corrected chi connectivity index (χ3v) is 10.9. The number of aliphatic hydroxyl groups is 1. The van der Waals surface area contributed by atoms with Crippen molar-refractivity contribution >= 4 is 20.2 Å². The topological polar surface area (TPSA) is 116 Å². The average molecular weight is 516 g/mol. The van der Waals surface area contributed by atoms with Gasteiger partial charge in [-0.1, -0.05) is 31.2 Å². The number of hydrogen-bond donors (Lipinski definition) is 3. The zero-order valence-electron chi connectivity index (χ0n) is 20.7. The molecule has 0 radical (unpaired) electrons. The number of benzene rings is 1. The molecule has 2 aliphatic rings. The van der Waals surface area contributed by atoms with Crippen molar-refractivity contribution in [2.75, 3.05) is 26.2 Å². The lowest BCUT2D eigenvalue weighted by Gasteiger charge is -2.38. The second-order valence-electron chi connectivity index (χ2n) is 10.2. The standard InChI is InChI=1S/C24H41N3O5S2/c1-19(2)33(29,30)26-18-20(3)22-10-13-24(28,14-11-22)23-8-6-21(7-9-23)12-15-25-34(31,32)27-16-4-5-17-27/h6-9,19-20,22,25-26,28H,4-5,10-18H2,1-3H3. The van der Waals surface area contributed by atoms with Crippen LogP contribution < -0.4 is 9.44 Å². The van der Waals surface area contributed by atoms with Gasteiger partial charge >= 0.3 is 0 Å². The minimum atomic E-state index is -3.39. The third kappa shape index (κ3) is 7.01. The van der Waals surface area contributed by atoms with Crippen LogP contribution in [0.4, 0.5) is 0 Å². The molecule has 1 aliphatic heterocycles. The molecule has 0 bridgehead atoms. The van der Waals surface area contributed by atoms with Gasteiger partial charge in [-0.3, -0.25) is 0 Å². The largest absolute Gasteiger partial charge is 0.385 e. The molecule has 1 saturated carbocycles. The highest BCUT2D eigenvalue weighted by Crippen LogP contribution is 2.41. The fraction of sp³-hybridized carbons (Fsp3) is 0.750. The molecule has 3 rings (SSSR count). The molecule has 194 valence electrons. The molecule has 1 atom stereocenters. The number of nitrogens with one attached hydrogen (secondary N) is 2. The normalized spacial score (nSPS) is 25.6. The zero-order valence-corrected chi connectivity index (χ0v) is 22.3. The van der Waals surface area contributed by atoms with E-state index in [1.54, 1.807) is 13.8 Å². The van der Waals surface area contributed by atoms with Gasteiger partial charge in [0.2, 0.25) is 10.0 Å². The fourth-order valence-corrected chi connectivity index (χ4v) is 6.99. The third-order valence-electron chi connectivity index (χ3n) is 7.48. The summed E-state index contributed by atoms with van der Waals surface area (Å²) < 4.78 is 55.5. The van der Waals surface area contributed by atoms with Crippen molar-refractivity contribution in [3.63, 3.8) is 0 Å². The molecule has 1 saturated heterocycles. The van der Waals surface area contributed by atoms with Crippen LogP contribution in [0.15, 0.2) is 24.3 Å². The number of rotatable bonds is 11. The van der Waals surface area contributed by atoms with Crippen molar-refractivity contribution in [1.29, 1.82) is 0 Å². The minimum Gasteiger partial charge on any atom is -0.385 e. The Hall–Kier alpha value is -1.04. The molecule has 1 unspecified atom stereocenters.